The van der Waals surface area contributed by atoms with Crippen LogP contribution < -0.4 is 9.44 Å². The molecule has 3 aromatic rings. The average molecular weight is 586 g/mol. The largest absolute Gasteiger partial charge is 0.516 e. The zero-order valence-corrected chi connectivity index (χ0v) is 21.2. The first-order valence-electron chi connectivity index (χ1n) is 10.9. The predicted octanol–water partition coefficient (Wildman–Crippen LogP) is 5.80. The number of alkyl halides is 6. The van der Waals surface area contributed by atoms with Crippen LogP contribution in [0.2, 0.25) is 0 Å². The number of halogens is 6. The van der Waals surface area contributed by atoms with Crippen LogP contribution in [0.15, 0.2) is 53.1 Å². The van der Waals surface area contributed by atoms with Gasteiger partial charge in [-0.2, -0.15) is 43.2 Å². The van der Waals surface area contributed by atoms with Gasteiger partial charge in [-0.05, 0) is 30.0 Å². The Bertz CT molecular complexity index is 1490. The summed E-state index contributed by atoms with van der Waals surface area (Å²) in [5.41, 5.74) is -11.1. The Morgan fingerprint density at radius 1 is 0.868 bits per heavy atom. The van der Waals surface area contributed by atoms with E-state index >= 15 is 0 Å². The van der Waals surface area contributed by atoms with E-state index < -0.39 is 42.6 Å². The van der Waals surface area contributed by atoms with Crippen LogP contribution in [0.25, 0.3) is 11.1 Å². The molecule has 2 aromatic carbocycles. The number of hydrogen-bond acceptors (Lipinski definition) is 6. The summed E-state index contributed by atoms with van der Waals surface area (Å²) in [4.78, 5) is 0. The van der Waals surface area contributed by atoms with Crippen LogP contribution in [0.4, 0.5) is 37.9 Å². The van der Waals surface area contributed by atoms with E-state index in [0.29, 0.717) is 18.4 Å². The molecule has 16 heteroatoms. The third kappa shape index (κ3) is 6.59. The van der Waals surface area contributed by atoms with Crippen molar-refractivity contribution in [2.45, 2.75) is 43.6 Å². The molecule has 38 heavy (non-hydrogen) atoms. The van der Waals surface area contributed by atoms with Gasteiger partial charge in [0.15, 0.2) is 0 Å². The highest BCUT2D eigenvalue weighted by molar-refractivity contribution is 7.93. The van der Waals surface area contributed by atoms with Gasteiger partial charge in [0, 0.05) is 17.5 Å². The molecule has 0 amide bonds. The van der Waals surface area contributed by atoms with Gasteiger partial charge in [0.25, 0.3) is 0 Å². The third-order valence-electron chi connectivity index (χ3n) is 5.27. The van der Waals surface area contributed by atoms with E-state index in [4.69, 9.17) is 4.52 Å². The van der Waals surface area contributed by atoms with E-state index in [-0.39, 0.29) is 35.2 Å². The van der Waals surface area contributed by atoms with Gasteiger partial charge in [-0.1, -0.05) is 61.0 Å². The SMILES string of the molecule is CCCCc1noc(NS(=O)(=O)C(F)(F)F)c1Cc1ccc(-c2ccccc2)c(NS(=O)(=O)C(F)(F)F)c1. The van der Waals surface area contributed by atoms with Gasteiger partial charge in [-0.3, -0.25) is 4.72 Å². The van der Waals surface area contributed by atoms with Gasteiger partial charge >= 0.3 is 31.1 Å². The van der Waals surface area contributed by atoms with Gasteiger partial charge in [0.2, 0.25) is 5.88 Å². The highest BCUT2D eigenvalue weighted by Gasteiger charge is 2.47. The number of benzene rings is 2. The van der Waals surface area contributed by atoms with Gasteiger partial charge in [0.1, 0.15) is 0 Å². The lowest BCUT2D eigenvalue weighted by atomic mass is 9.97. The molecule has 0 atom stereocenters. The first-order chi connectivity index (χ1) is 17.6. The highest BCUT2D eigenvalue weighted by Crippen LogP contribution is 2.35. The molecular formula is C22H21F6N3O5S2. The fraction of sp³-hybridized carbons (Fsp3) is 0.318. The Balaban J connectivity index is 2.09. The summed E-state index contributed by atoms with van der Waals surface area (Å²) in [6.45, 7) is 1.83. The van der Waals surface area contributed by atoms with Gasteiger partial charge in [0.05, 0.1) is 11.4 Å². The molecule has 8 nitrogen and oxygen atoms in total. The molecular weight excluding hydrogens is 564 g/mol. The summed E-state index contributed by atoms with van der Waals surface area (Å²) in [6, 6.07) is 11.7. The first-order valence-corrected chi connectivity index (χ1v) is 13.9. The smallest absolute Gasteiger partial charge is 0.337 e. The molecule has 0 radical (unpaired) electrons. The van der Waals surface area contributed by atoms with Crippen LogP contribution in [0.1, 0.15) is 36.6 Å². The van der Waals surface area contributed by atoms with Crippen molar-refractivity contribution in [3.63, 3.8) is 0 Å². The van der Waals surface area contributed by atoms with Crippen molar-refractivity contribution in [2.75, 3.05) is 9.44 Å². The zero-order chi connectivity index (χ0) is 28.4. The van der Waals surface area contributed by atoms with Crippen LogP contribution in [0, 0.1) is 0 Å². The number of anilines is 2. The number of hydrogen-bond donors (Lipinski definition) is 2. The minimum Gasteiger partial charge on any atom is -0.337 e. The monoisotopic (exact) mass is 585 g/mol. The fourth-order valence-electron chi connectivity index (χ4n) is 3.39. The number of aryl methyl sites for hydroxylation is 1. The second kappa shape index (κ2) is 10.8. The number of sulfonamides is 2. The summed E-state index contributed by atoms with van der Waals surface area (Å²) in [6.07, 6.45) is 1.05. The molecule has 0 saturated heterocycles. The summed E-state index contributed by atoms with van der Waals surface area (Å²) < 4.78 is 133. The second-order valence-corrected chi connectivity index (χ2v) is 11.4. The molecule has 3 rings (SSSR count). The van der Waals surface area contributed by atoms with Crippen molar-refractivity contribution >= 4 is 31.6 Å². The zero-order valence-electron chi connectivity index (χ0n) is 19.5. The Hall–Kier alpha value is -3.27. The molecule has 0 aliphatic rings. The van der Waals surface area contributed by atoms with Crippen LogP contribution in [0.5, 0.6) is 0 Å². The Labute approximate surface area is 214 Å². The van der Waals surface area contributed by atoms with E-state index in [1.54, 1.807) is 18.2 Å². The van der Waals surface area contributed by atoms with Crippen molar-refractivity contribution in [3.8, 4) is 11.1 Å². The van der Waals surface area contributed by atoms with Crippen molar-refractivity contribution < 1.29 is 47.7 Å². The predicted molar refractivity (Wildman–Crippen MR) is 127 cm³/mol. The van der Waals surface area contributed by atoms with E-state index in [2.05, 4.69) is 5.16 Å². The van der Waals surface area contributed by atoms with Crippen molar-refractivity contribution in [3.05, 3.63) is 65.4 Å². The van der Waals surface area contributed by atoms with E-state index in [0.717, 1.165) is 6.07 Å². The Morgan fingerprint density at radius 2 is 1.47 bits per heavy atom. The van der Waals surface area contributed by atoms with E-state index in [1.165, 1.54) is 33.7 Å². The van der Waals surface area contributed by atoms with Gasteiger partial charge < -0.3 is 4.52 Å². The molecule has 0 unspecified atom stereocenters. The number of aromatic nitrogens is 1. The third-order valence-corrected chi connectivity index (χ3v) is 7.43. The van der Waals surface area contributed by atoms with Crippen molar-refractivity contribution in [2.24, 2.45) is 0 Å². The van der Waals surface area contributed by atoms with Crippen LogP contribution in [0.3, 0.4) is 0 Å². The lowest BCUT2D eigenvalue weighted by Crippen LogP contribution is -2.30. The van der Waals surface area contributed by atoms with E-state index in [9.17, 15) is 43.2 Å². The molecule has 208 valence electrons. The van der Waals surface area contributed by atoms with Crippen LogP contribution in [-0.2, 0) is 32.9 Å². The maximum absolute atomic E-state index is 13.1. The average Bonchev–Trinajstić information content (AvgIpc) is 3.17. The molecule has 0 aliphatic carbocycles. The van der Waals surface area contributed by atoms with Gasteiger partial charge in [-0.25, -0.2) is 4.72 Å². The van der Waals surface area contributed by atoms with Crippen LogP contribution in [-0.4, -0.2) is 33.0 Å². The Morgan fingerprint density at radius 3 is 2.05 bits per heavy atom. The molecule has 0 aliphatic heterocycles. The number of nitrogens with one attached hydrogen (secondary N) is 2. The number of nitrogens with zero attached hydrogens (tertiary/aromatic N) is 1. The van der Waals surface area contributed by atoms with Gasteiger partial charge in [-0.15, -0.1) is 0 Å². The van der Waals surface area contributed by atoms with Crippen LogP contribution >= 0.6 is 0 Å². The quantitative estimate of drug-likeness (QED) is 0.291. The summed E-state index contributed by atoms with van der Waals surface area (Å²) in [5, 5.41) is 3.67. The summed E-state index contributed by atoms with van der Waals surface area (Å²) in [7, 11) is -11.7. The Kier molecular flexibility index (Phi) is 8.36. The lowest BCUT2D eigenvalue weighted by Gasteiger charge is -2.16. The normalized spacial score (nSPS) is 12.9. The molecule has 0 bridgehead atoms. The second-order valence-electron chi connectivity index (χ2n) is 8.07. The van der Waals surface area contributed by atoms with Crippen molar-refractivity contribution in [1.29, 1.82) is 0 Å². The lowest BCUT2D eigenvalue weighted by molar-refractivity contribution is -0.0435. The fourth-order valence-corrected chi connectivity index (χ4v) is 4.48. The first kappa shape index (κ1) is 29.3. The molecule has 0 spiro atoms. The molecule has 0 fully saturated rings. The maximum Gasteiger partial charge on any atom is 0.516 e. The summed E-state index contributed by atoms with van der Waals surface area (Å²) >= 11 is 0. The molecule has 1 heterocycles. The molecule has 2 N–H and O–H groups in total. The maximum atomic E-state index is 13.1. The molecule has 0 saturated carbocycles. The van der Waals surface area contributed by atoms with Crippen molar-refractivity contribution in [1.82, 2.24) is 5.16 Å². The highest BCUT2D eigenvalue weighted by atomic mass is 32.2. The number of rotatable bonds is 10. The number of unbranched alkanes of at least 4 members (excludes halogenated alkanes) is 1. The molecule has 1 aromatic heterocycles. The minimum absolute atomic E-state index is 0.0802. The minimum atomic E-state index is -5.86. The topological polar surface area (TPSA) is 118 Å². The standard InChI is InChI=1S/C22H21F6N3O5S2/c1-2-3-9-18-17(20(36-29-18)31-38(34,35)22(26,27)28)12-14-10-11-16(15-7-5-4-6-8-15)19(13-14)30-37(32,33)21(23,24)25/h4-8,10-11,13,30-31H,2-3,9,12H2,1H3. The van der Waals surface area contributed by atoms with E-state index in [1.807, 2.05) is 6.92 Å². The summed E-state index contributed by atoms with van der Waals surface area (Å²) in [5.74, 6) is -0.807.